The Bertz CT molecular complexity index is 629. The molecule has 0 radical (unpaired) electrons. The summed E-state index contributed by atoms with van der Waals surface area (Å²) in [6, 6.07) is 2.52. The van der Waals surface area contributed by atoms with E-state index in [1.54, 1.807) is 17.5 Å². The molecule has 1 unspecified atom stereocenters. The smallest absolute Gasteiger partial charge is 0.276 e. The minimum absolute atomic E-state index is 0.0852. The Hall–Kier alpha value is -2.26. The summed E-state index contributed by atoms with van der Waals surface area (Å²) >= 11 is 1.56. The van der Waals surface area contributed by atoms with Crippen LogP contribution in [0.3, 0.4) is 0 Å². The van der Waals surface area contributed by atoms with Crippen molar-refractivity contribution in [1.82, 2.24) is 9.97 Å². The number of hydrogen-bond acceptors (Lipinski definition) is 8. The van der Waals surface area contributed by atoms with Crippen molar-refractivity contribution in [2.24, 2.45) is 5.84 Å². The number of nitrogens with zero attached hydrogens (tertiary/aromatic N) is 3. The molecule has 9 heteroatoms. The summed E-state index contributed by atoms with van der Waals surface area (Å²) in [5, 5.41) is 14.8. The zero-order valence-corrected chi connectivity index (χ0v) is 11.8. The Morgan fingerprint density at radius 2 is 2.15 bits per heavy atom. The van der Waals surface area contributed by atoms with Gasteiger partial charge in [0, 0.05) is 11.1 Å². The molecule has 20 heavy (non-hydrogen) atoms. The molecule has 8 nitrogen and oxygen atoms in total. The summed E-state index contributed by atoms with van der Waals surface area (Å²) in [4.78, 5) is 19.9. The number of aromatic nitrogens is 2. The second kappa shape index (κ2) is 5.80. The largest absolute Gasteiger partial charge is 0.361 e. The van der Waals surface area contributed by atoms with E-state index < -0.39 is 4.92 Å². The molecule has 1 atom stereocenters. The van der Waals surface area contributed by atoms with E-state index in [1.165, 1.54) is 12.1 Å². The van der Waals surface area contributed by atoms with E-state index in [1.807, 2.05) is 13.8 Å². The molecule has 0 amide bonds. The van der Waals surface area contributed by atoms with Gasteiger partial charge in [-0.1, -0.05) is 0 Å². The van der Waals surface area contributed by atoms with Crippen LogP contribution in [0.2, 0.25) is 0 Å². The summed E-state index contributed by atoms with van der Waals surface area (Å²) in [6.45, 7) is 3.88. The number of aryl methyl sites for hydroxylation is 1. The molecule has 2 rings (SSSR count). The van der Waals surface area contributed by atoms with Crippen LogP contribution in [0.4, 0.5) is 17.3 Å². The quantitative estimate of drug-likeness (QED) is 0.439. The predicted octanol–water partition coefficient (Wildman–Crippen LogP) is 2.21. The Morgan fingerprint density at radius 1 is 1.45 bits per heavy atom. The van der Waals surface area contributed by atoms with Crippen LogP contribution in [0.1, 0.15) is 22.9 Å². The average Bonchev–Trinajstić information content (AvgIpc) is 2.85. The maximum atomic E-state index is 10.9. The van der Waals surface area contributed by atoms with Gasteiger partial charge in [-0.2, -0.15) is 0 Å². The van der Waals surface area contributed by atoms with Crippen molar-refractivity contribution in [3.05, 3.63) is 38.3 Å². The second-order valence-corrected chi connectivity index (χ2v) is 5.44. The van der Waals surface area contributed by atoms with E-state index in [2.05, 4.69) is 20.7 Å². The minimum Gasteiger partial charge on any atom is -0.361 e. The Kier molecular flexibility index (Phi) is 4.11. The molecule has 2 aromatic rings. The third kappa shape index (κ3) is 3.19. The molecule has 0 aliphatic rings. The van der Waals surface area contributed by atoms with Gasteiger partial charge in [0.05, 0.1) is 23.1 Å². The topological polar surface area (TPSA) is 119 Å². The van der Waals surface area contributed by atoms with Crippen LogP contribution in [-0.2, 0) is 0 Å². The zero-order chi connectivity index (χ0) is 14.7. The molecule has 0 saturated carbocycles. The van der Waals surface area contributed by atoms with Gasteiger partial charge in [-0.15, -0.1) is 11.3 Å². The van der Waals surface area contributed by atoms with E-state index >= 15 is 0 Å². The number of nitrogens with one attached hydrogen (secondary N) is 2. The van der Waals surface area contributed by atoms with Gasteiger partial charge in [-0.25, -0.2) is 15.8 Å². The van der Waals surface area contributed by atoms with Crippen LogP contribution in [0.25, 0.3) is 0 Å². The third-order valence-electron chi connectivity index (χ3n) is 2.54. The second-order valence-electron chi connectivity index (χ2n) is 4.17. The van der Waals surface area contributed by atoms with Gasteiger partial charge in [0.2, 0.25) is 0 Å². The van der Waals surface area contributed by atoms with Gasteiger partial charge in [-0.3, -0.25) is 10.1 Å². The molecule has 0 spiro atoms. The summed E-state index contributed by atoms with van der Waals surface area (Å²) < 4.78 is 0. The lowest BCUT2D eigenvalue weighted by molar-refractivity contribution is -0.384. The number of nitrogen functional groups attached to an aromatic ring is 1. The average molecular weight is 294 g/mol. The fraction of sp³-hybridized carbons (Fsp3) is 0.273. The maximum absolute atomic E-state index is 10.9. The third-order valence-corrected chi connectivity index (χ3v) is 3.64. The molecule has 4 N–H and O–H groups in total. The van der Waals surface area contributed by atoms with Crippen molar-refractivity contribution in [2.75, 3.05) is 10.7 Å². The number of nitro groups is 1. The van der Waals surface area contributed by atoms with Gasteiger partial charge >= 0.3 is 0 Å². The normalized spacial score (nSPS) is 11.9. The first-order valence-electron chi connectivity index (χ1n) is 5.81. The van der Waals surface area contributed by atoms with Gasteiger partial charge in [0.15, 0.2) is 0 Å². The molecular weight excluding hydrogens is 280 g/mol. The molecule has 0 fully saturated rings. The number of rotatable bonds is 5. The molecule has 2 heterocycles. The zero-order valence-electron chi connectivity index (χ0n) is 11.0. The Morgan fingerprint density at radius 3 is 2.70 bits per heavy atom. The standard InChI is InChI=1S/C11H14N6O2S/c1-6-5-13-11(20-6)7(2)14-9-3-8(17(18)19)4-10(15-9)16-12/h3-5,7H,12H2,1-2H3,(H2,14,15,16). The number of anilines is 2. The highest BCUT2D eigenvalue weighted by Gasteiger charge is 2.14. The molecular formula is C11H14N6O2S. The summed E-state index contributed by atoms with van der Waals surface area (Å²) in [7, 11) is 0. The fourth-order valence-electron chi connectivity index (χ4n) is 1.63. The van der Waals surface area contributed by atoms with Gasteiger partial charge in [0.25, 0.3) is 5.69 Å². The van der Waals surface area contributed by atoms with Crippen molar-refractivity contribution in [1.29, 1.82) is 0 Å². The highest BCUT2D eigenvalue weighted by atomic mass is 32.1. The van der Waals surface area contributed by atoms with Crippen molar-refractivity contribution >= 4 is 28.7 Å². The van der Waals surface area contributed by atoms with Crippen LogP contribution in [0.15, 0.2) is 18.3 Å². The van der Waals surface area contributed by atoms with Gasteiger partial charge < -0.3 is 10.7 Å². The summed E-state index contributed by atoms with van der Waals surface area (Å²) in [5.74, 6) is 5.85. The van der Waals surface area contributed by atoms with Crippen LogP contribution < -0.4 is 16.6 Å². The van der Waals surface area contributed by atoms with Gasteiger partial charge in [0.1, 0.15) is 16.6 Å². The minimum atomic E-state index is -0.494. The highest BCUT2D eigenvalue weighted by molar-refractivity contribution is 7.11. The molecule has 2 aromatic heterocycles. The first-order valence-corrected chi connectivity index (χ1v) is 6.63. The van der Waals surface area contributed by atoms with Crippen molar-refractivity contribution in [3.63, 3.8) is 0 Å². The molecule has 0 aliphatic heterocycles. The lowest BCUT2D eigenvalue weighted by Crippen LogP contribution is -2.12. The van der Waals surface area contributed by atoms with E-state index in [9.17, 15) is 10.1 Å². The first-order chi connectivity index (χ1) is 9.49. The van der Waals surface area contributed by atoms with Crippen molar-refractivity contribution in [2.45, 2.75) is 19.9 Å². The Labute approximate surface area is 119 Å². The number of hydrazine groups is 1. The SMILES string of the molecule is Cc1cnc(C(C)Nc2cc([N+](=O)[O-])cc(NN)n2)s1. The molecule has 0 aromatic carbocycles. The predicted molar refractivity (Wildman–Crippen MR) is 77.6 cm³/mol. The fourth-order valence-corrected chi connectivity index (χ4v) is 2.40. The van der Waals surface area contributed by atoms with Crippen LogP contribution in [0, 0.1) is 17.0 Å². The van der Waals surface area contributed by atoms with E-state index in [0.717, 1.165) is 9.88 Å². The van der Waals surface area contributed by atoms with E-state index in [-0.39, 0.29) is 17.5 Å². The van der Waals surface area contributed by atoms with E-state index in [0.29, 0.717) is 5.82 Å². The monoisotopic (exact) mass is 294 g/mol. The Balaban J connectivity index is 2.24. The maximum Gasteiger partial charge on any atom is 0.276 e. The highest BCUT2D eigenvalue weighted by Crippen LogP contribution is 2.25. The molecule has 106 valence electrons. The number of nitrogens with two attached hydrogens (primary N) is 1. The van der Waals surface area contributed by atoms with Crippen LogP contribution in [0.5, 0.6) is 0 Å². The van der Waals surface area contributed by atoms with Crippen molar-refractivity contribution in [3.8, 4) is 0 Å². The number of hydrogen-bond donors (Lipinski definition) is 3. The summed E-state index contributed by atoms with van der Waals surface area (Å²) in [6.07, 6.45) is 1.78. The number of thiazole rings is 1. The number of pyridine rings is 1. The van der Waals surface area contributed by atoms with Crippen molar-refractivity contribution < 1.29 is 4.92 Å². The van der Waals surface area contributed by atoms with Crippen LogP contribution in [-0.4, -0.2) is 14.9 Å². The lowest BCUT2D eigenvalue weighted by atomic mass is 10.3. The lowest BCUT2D eigenvalue weighted by Gasteiger charge is -2.12. The molecule has 0 bridgehead atoms. The van der Waals surface area contributed by atoms with E-state index in [4.69, 9.17) is 5.84 Å². The first kappa shape index (κ1) is 14.2. The van der Waals surface area contributed by atoms with Crippen LogP contribution >= 0.6 is 11.3 Å². The molecule has 0 aliphatic carbocycles. The summed E-state index contributed by atoms with van der Waals surface area (Å²) in [5.41, 5.74) is 2.23. The molecule has 0 saturated heterocycles. The van der Waals surface area contributed by atoms with Gasteiger partial charge in [-0.05, 0) is 13.8 Å².